The van der Waals surface area contributed by atoms with Crippen LogP contribution in [0.5, 0.6) is 0 Å². The van der Waals surface area contributed by atoms with Gasteiger partial charge in [-0.1, -0.05) is 82.1 Å². The highest BCUT2D eigenvalue weighted by Crippen LogP contribution is 2.49. The lowest BCUT2D eigenvalue weighted by molar-refractivity contribution is 0.0154. The Hall–Kier alpha value is -0.0800. The minimum absolute atomic E-state index is 0.439. The maximum atomic E-state index is 4.42. The maximum absolute atomic E-state index is 4.42. The van der Waals surface area contributed by atoms with Crippen molar-refractivity contribution in [1.29, 1.82) is 0 Å². The average molecular weight is 583 g/mol. The van der Waals surface area contributed by atoms with Crippen LogP contribution >= 0.6 is 0 Å². The first-order chi connectivity index (χ1) is 19.7. The Bertz CT molecular complexity index is 797. The van der Waals surface area contributed by atoms with E-state index in [0.717, 1.165) is 71.1 Å². The van der Waals surface area contributed by atoms with Crippen molar-refractivity contribution >= 4 is 0 Å². The molecule has 5 rings (SSSR count). The first kappa shape index (κ1) is 33.3. The van der Waals surface area contributed by atoms with Gasteiger partial charge in [-0.3, -0.25) is 10.6 Å². The van der Waals surface area contributed by atoms with E-state index in [0.29, 0.717) is 23.0 Å². The maximum Gasteiger partial charge on any atom is 0.0605 e. The molecule has 4 aliphatic carbocycles. The van der Waals surface area contributed by atoms with Gasteiger partial charge in [0.15, 0.2) is 0 Å². The van der Waals surface area contributed by atoms with Crippen molar-refractivity contribution in [2.24, 2.45) is 75.9 Å². The summed E-state index contributed by atoms with van der Waals surface area (Å²) in [6.07, 6.45) is 21.0. The van der Waals surface area contributed by atoms with Crippen molar-refractivity contribution < 1.29 is 0 Å². The van der Waals surface area contributed by atoms with Crippen LogP contribution in [0.1, 0.15) is 159 Å². The van der Waals surface area contributed by atoms with Crippen molar-refractivity contribution in [2.75, 3.05) is 0 Å². The molecule has 0 radical (unpaired) electrons. The predicted molar refractivity (Wildman–Crippen MR) is 182 cm³/mol. The Morgan fingerprint density at radius 1 is 0.405 bits per heavy atom. The summed E-state index contributed by atoms with van der Waals surface area (Å²) < 4.78 is 0. The average Bonchev–Trinajstić information content (AvgIpc) is 2.91. The summed E-state index contributed by atoms with van der Waals surface area (Å²) in [4.78, 5) is 0. The molecular weight excluding hydrogens is 508 g/mol. The Morgan fingerprint density at radius 3 is 1.43 bits per heavy atom. The molecule has 5 fully saturated rings. The smallest absolute Gasteiger partial charge is 0.0605 e. The molecule has 0 aromatic carbocycles. The van der Waals surface area contributed by atoms with Gasteiger partial charge in [-0.05, 0) is 153 Å². The molecule has 2 heteroatoms. The topological polar surface area (TPSA) is 24.1 Å². The van der Waals surface area contributed by atoms with Gasteiger partial charge >= 0.3 is 0 Å². The molecule has 2 N–H and O–H groups in total. The lowest BCUT2D eigenvalue weighted by Crippen LogP contribution is -2.65. The summed E-state index contributed by atoms with van der Waals surface area (Å²) in [5.41, 5.74) is 0.887. The van der Waals surface area contributed by atoms with Crippen molar-refractivity contribution in [3.8, 4) is 0 Å². The van der Waals surface area contributed by atoms with Crippen molar-refractivity contribution in [1.82, 2.24) is 10.6 Å². The molecule has 2 nitrogen and oxygen atoms in total. The van der Waals surface area contributed by atoms with E-state index < -0.39 is 0 Å². The molecule has 4 saturated carbocycles. The highest BCUT2D eigenvalue weighted by molar-refractivity contribution is 5.01. The number of hydrogen-bond donors (Lipinski definition) is 2. The highest BCUT2D eigenvalue weighted by atomic mass is 15.2. The van der Waals surface area contributed by atoms with E-state index in [2.05, 4.69) is 79.9 Å². The van der Waals surface area contributed by atoms with E-state index in [9.17, 15) is 0 Å². The molecule has 0 amide bonds. The third-order valence-corrected chi connectivity index (χ3v) is 14.3. The Kier molecular flexibility index (Phi) is 10.6. The van der Waals surface area contributed by atoms with Crippen LogP contribution < -0.4 is 10.6 Å². The quantitative estimate of drug-likeness (QED) is 0.344. The Balaban J connectivity index is 1.31. The SMILES string of the molecule is CC1CCC(C2CC(C)CC(C3C[C@@H](C4CCC(C(C)(C)C)C(C)C4)NC(C4CCC(C(C)(C)C)C(C)C4)N3)C2)CC1. The molecule has 1 heterocycles. The number of hydrogen-bond acceptors (Lipinski definition) is 2. The van der Waals surface area contributed by atoms with Crippen LogP contribution in [0.15, 0.2) is 0 Å². The summed E-state index contributed by atoms with van der Waals surface area (Å²) in [7, 11) is 0. The molecule has 0 bridgehead atoms. The summed E-state index contributed by atoms with van der Waals surface area (Å²) in [5, 5.41) is 8.81. The van der Waals surface area contributed by atoms with Crippen LogP contribution in [0.25, 0.3) is 0 Å². The lowest BCUT2D eigenvalue weighted by Gasteiger charge is -2.52. The molecule has 1 aliphatic heterocycles. The van der Waals surface area contributed by atoms with E-state index >= 15 is 0 Å². The zero-order chi connectivity index (χ0) is 30.4. The van der Waals surface area contributed by atoms with Crippen LogP contribution in [0.3, 0.4) is 0 Å². The minimum Gasteiger partial charge on any atom is -0.299 e. The van der Waals surface area contributed by atoms with Crippen LogP contribution in [-0.4, -0.2) is 18.2 Å². The predicted octanol–water partition coefficient (Wildman–Crippen LogP) is 10.7. The van der Waals surface area contributed by atoms with Gasteiger partial charge in [-0.15, -0.1) is 0 Å². The molecule has 0 spiro atoms. The fraction of sp³-hybridized carbons (Fsp3) is 1.00. The summed E-state index contributed by atoms with van der Waals surface area (Å²) in [6.45, 7) is 25.2. The second-order valence-corrected chi connectivity index (χ2v) is 19.7. The fourth-order valence-corrected chi connectivity index (χ4v) is 12.1. The van der Waals surface area contributed by atoms with Gasteiger partial charge < -0.3 is 0 Å². The normalized spacial score (nSPS) is 48.1. The van der Waals surface area contributed by atoms with Gasteiger partial charge in [0.1, 0.15) is 0 Å². The molecule has 42 heavy (non-hydrogen) atoms. The summed E-state index contributed by atoms with van der Waals surface area (Å²) in [6, 6.07) is 1.44. The second kappa shape index (κ2) is 13.3. The molecule has 0 aromatic rings. The van der Waals surface area contributed by atoms with Crippen LogP contribution in [0.2, 0.25) is 0 Å². The largest absolute Gasteiger partial charge is 0.299 e. The molecule has 5 aliphatic rings. The molecule has 12 atom stereocenters. The first-order valence-electron chi connectivity index (χ1n) is 19.2. The van der Waals surface area contributed by atoms with Gasteiger partial charge in [0.2, 0.25) is 0 Å². The second-order valence-electron chi connectivity index (χ2n) is 19.7. The highest BCUT2D eigenvalue weighted by Gasteiger charge is 2.46. The van der Waals surface area contributed by atoms with Crippen molar-refractivity contribution in [2.45, 2.75) is 177 Å². The van der Waals surface area contributed by atoms with E-state index in [1.54, 1.807) is 0 Å². The van der Waals surface area contributed by atoms with Gasteiger partial charge in [-0.25, -0.2) is 0 Å². The molecule has 0 aromatic heterocycles. The van der Waals surface area contributed by atoms with E-state index in [4.69, 9.17) is 0 Å². The Morgan fingerprint density at radius 2 is 0.881 bits per heavy atom. The Labute approximate surface area is 263 Å². The standard InChI is InChI=1S/C40H74N2/c1-25-11-13-29(14-12-25)32-19-26(2)20-33(23-32)37-24-36(30-15-17-34(27(3)21-30)39(5,6)7)41-38(42-37)31-16-18-35(28(4)22-31)40(8,9)10/h25-38,41-42H,11-24H2,1-10H3/t25?,26?,27?,28?,29?,30?,31?,32?,33?,34?,35?,36-,37?,38?/m0/s1. The molecular formula is C40H74N2. The molecule has 11 unspecified atom stereocenters. The van der Waals surface area contributed by atoms with Crippen molar-refractivity contribution in [3.05, 3.63) is 0 Å². The summed E-state index contributed by atoms with van der Waals surface area (Å²) >= 11 is 0. The lowest BCUT2D eigenvalue weighted by atomic mass is 9.61. The zero-order valence-corrected chi connectivity index (χ0v) is 30.0. The van der Waals surface area contributed by atoms with Crippen molar-refractivity contribution in [3.63, 3.8) is 0 Å². The van der Waals surface area contributed by atoms with Gasteiger partial charge in [0.25, 0.3) is 0 Å². The van der Waals surface area contributed by atoms with E-state index in [1.807, 2.05) is 0 Å². The monoisotopic (exact) mass is 583 g/mol. The minimum atomic E-state index is 0.439. The van der Waals surface area contributed by atoms with E-state index in [-0.39, 0.29) is 0 Å². The zero-order valence-electron chi connectivity index (χ0n) is 30.0. The van der Waals surface area contributed by atoms with Gasteiger partial charge in [-0.2, -0.15) is 0 Å². The first-order valence-corrected chi connectivity index (χ1v) is 19.2. The van der Waals surface area contributed by atoms with Crippen LogP contribution in [-0.2, 0) is 0 Å². The van der Waals surface area contributed by atoms with Crippen LogP contribution in [0, 0.1) is 75.9 Å². The molecule has 1 saturated heterocycles. The van der Waals surface area contributed by atoms with Crippen LogP contribution in [0.4, 0.5) is 0 Å². The van der Waals surface area contributed by atoms with E-state index in [1.165, 1.54) is 89.9 Å². The number of nitrogens with one attached hydrogen (secondary N) is 2. The summed E-state index contributed by atoms with van der Waals surface area (Å²) in [5.74, 6) is 9.87. The fourth-order valence-electron chi connectivity index (χ4n) is 12.1. The molecule has 244 valence electrons. The van der Waals surface area contributed by atoms with Gasteiger partial charge in [0, 0.05) is 12.1 Å². The van der Waals surface area contributed by atoms with Gasteiger partial charge in [0.05, 0.1) is 6.17 Å². The number of rotatable bonds is 4. The third kappa shape index (κ3) is 7.82. The third-order valence-electron chi connectivity index (χ3n) is 14.3.